The van der Waals surface area contributed by atoms with Gasteiger partial charge in [-0.25, -0.2) is 0 Å². The number of cyclic esters (lactones) is 2. The lowest BCUT2D eigenvalue weighted by atomic mass is 10.1. The summed E-state index contributed by atoms with van der Waals surface area (Å²) in [6, 6.07) is 1.74. The van der Waals surface area contributed by atoms with Crippen molar-refractivity contribution in [2.45, 2.75) is 25.8 Å². The number of nitrogens with zero attached hydrogens (tertiary/aromatic N) is 2. The molecule has 0 aliphatic carbocycles. The van der Waals surface area contributed by atoms with E-state index in [1.807, 2.05) is 6.92 Å². The fraction of sp³-hybridized carbons (Fsp3) is 0.444. The Balaban J connectivity index is 2.22. The summed E-state index contributed by atoms with van der Waals surface area (Å²) in [5.41, 5.74) is 0.614. The second-order valence-electron chi connectivity index (χ2n) is 3.15. The molecule has 1 fully saturated rings. The molecule has 1 unspecified atom stereocenters. The largest absolute Gasteiger partial charge is 0.393 e. The van der Waals surface area contributed by atoms with Crippen molar-refractivity contribution in [2.24, 2.45) is 0 Å². The molecule has 1 aliphatic heterocycles. The van der Waals surface area contributed by atoms with Crippen molar-refractivity contribution in [3.63, 3.8) is 0 Å². The summed E-state index contributed by atoms with van der Waals surface area (Å²) >= 11 is 0. The Bertz CT molecular complexity index is 383. The quantitative estimate of drug-likeness (QED) is 0.507. The van der Waals surface area contributed by atoms with Gasteiger partial charge in [-0.05, 0) is 13.0 Å². The third-order valence-electron chi connectivity index (χ3n) is 2.21. The number of hydrogen-bond donors (Lipinski definition) is 0. The third kappa shape index (κ3) is 1.41. The van der Waals surface area contributed by atoms with Crippen molar-refractivity contribution in [3.8, 4) is 0 Å². The predicted octanol–water partition coefficient (Wildman–Crippen LogP) is 0.460. The lowest BCUT2D eigenvalue weighted by Crippen LogP contribution is -2.07. The number of esters is 2. The average molecular weight is 194 g/mol. The van der Waals surface area contributed by atoms with E-state index in [9.17, 15) is 9.59 Å². The monoisotopic (exact) mass is 194 g/mol. The van der Waals surface area contributed by atoms with Gasteiger partial charge >= 0.3 is 11.9 Å². The van der Waals surface area contributed by atoms with Gasteiger partial charge in [0.1, 0.15) is 5.92 Å². The summed E-state index contributed by atoms with van der Waals surface area (Å²) in [5.74, 6) is -1.46. The average Bonchev–Trinajstić information content (AvgIpc) is 2.71. The number of aromatic nitrogens is 2. The Morgan fingerprint density at radius 2 is 2.43 bits per heavy atom. The number of rotatable bonds is 2. The van der Waals surface area contributed by atoms with Crippen LogP contribution in [-0.2, 0) is 20.9 Å². The van der Waals surface area contributed by atoms with Crippen molar-refractivity contribution in [2.75, 3.05) is 0 Å². The molecule has 74 valence electrons. The zero-order valence-electron chi connectivity index (χ0n) is 7.77. The van der Waals surface area contributed by atoms with Crippen LogP contribution in [0.5, 0.6) is 0 Å². The first-order chi connectivity index (χ1) is 6.70. The van der Waals surface area contributed by atoms with Crippen molar-refractivity contribution in [1.82, 2.24) is 9.78 Å². The van der Waals surface area contributed by atoms with Crippen LogP contribution in [0.25, 0.3) is 0 Å². The Morgan fingerprint density at radius 3 is 2.93 bits per heavy atom. The van der Waals surface area contributed by atoms with Crippen molar-refractivity contribution in [1.29, 1.82) is 0 Å². The Kier molecular flexibility index (Phi) is 2.07. The van der Waals surface area contributed by atoms with E-state index in [0.717, 1.165) is 6.54 Å². The van der Waals surface area contributed by atoms with Gasteiger partial charge in [0.2, 0.25) is 0 Å². The van der Waals surface area contributed by atoms with Gasteiger partial charge in [0.25, 0.3) is 0 Å². The van der Waals surface area contributed by atoms with Crippen molar-refractivity contribution in [3.05, 3.63) is 18.0 Å². The Hall–Kier alpha value is -1.65. The highest BCUT2D eigenvalue weighted by Gasteiger charge is 2.36. The predicted molar refractivity (Wildman–Crippen MR) is 46.4 cm³/mol. The van der Waals surface area contributed by atoms with Crippen molar-refractivity contribution >= 4 is 11.9 Å². The number of carbonyl (C=O) groups is 2. The molecule has 2 rings (SSSR count). The Labute approximate surface area is 80.7 Å². The molecule has 0 bridgehead atoms. The molecule has 5 heteroatoms. The van der Waals surface area contributed by atoms with Crippen LogP contribution in [0.15, 0.2) is 12.3 Å². The molecule has 1 aliphatic rings. The topological polar surface area (TPSA) is 61.2 Å². The minimum atomic E-state index is -0.504. The normalized spacial score (nSPS) is 21.4. The van der Waals surface area contributed by atoms with Crippen molar-refractivity contribution < 1.29 is 14.3 Å². The van der Waals surface area contributed by atoms with Gasteiger partial charge < -0.3 is 4.74 Å². The molecule has 14 heavy (non-hydrogen) atoms. The van der Waals surface area contributed by atoms with E-state index in [2.05, 4.69) is 9.84 Å². The Morgan fingerprint density at radius 1 is 1.64 bits per heavy atom. The first-order valence-corrected chi connectivity index (χ1v) is 4.48. The fourth-order valence-corrected chi connectivity index (χ4v) is 1.44. The number of carbonyl (C=O) groups excluding carboxylic acids is 2. The van der Waals surface area contributed by atoms with Gasteiger partial charge in [0, 0.05) is 12.7 Å². The van der Waals surface area contributed by atoms with Gasteiger partial charge in [-0.3, -0.25) is 14.3 Å². The lowest BCUT2D eigenvalue weighted by molar-refractivity contribution is -0.152. The van der Waals surface area contributed by atoms with E-state index >= 15 is 0 Å². The minimum Gasteiger partial charge on any atom is -0.393 e. The molecule has 1 aromatic heterocycles. The fourth-order valence-electron chi connectivity index (χ4n) is 1.44. The van der Waals surface area contributed by atoms with E-state index in [0.29, 0.717) is 5.69 Å². The zero-order chi connectivity index (χ0) is 10.1. The van der Waals surface area contributed by atoms with Gasteiger partial charge in [-0.15, -0.1) is 0 Å². The molecule has 0 radical (unpaired) electrons. The van der Waals surface area contributed by atoms with Gasteiger partial charge in [-0.2, -0.15) is 5.10 Å². The van der Waals surface area contributed by atoms with Gasteiger partial charge in [0.15, 0.2) is 0 Å². The maximum atomic E-state index is 11.2. The second kappa shape index (κ2) is 3.25. The molecule has 1 atom stereocenters. The second-order valence-corrected chi connectivity index (χ2v) is 3.15. The smallest absolute Gasteiger partial charge is 0.323 e. The highest BCUT2D eigenvalue weighted by atomic mass is 16.6. The summed E-state index contributed by atoms with van der Waals surface area (Å²) in [4.78, 5) is 22.0. The molecule has 0 N–H and O–H groups in total. The minimum absolute atomic E-state index is 0.111. The molecule has 2 heterocycles. The summed E-state index contributed by atoms with van der Waals surface area (Å²) in [6.07, 6.45) is 1.89. The van der Waals surface area contributed by atoms with Gasteiger partial charge in [0.05, 0.1) is 12.1 Å². The van der Waals surface area contributed by atoms with Crippen LogP contribution < -0.4 is 0 Å². The van der Waals surface area contributed by atoms with Crippen LogP contribution in [0.2, 0.25) is 0 Å². The SMILES string of the molecule is CCn1ccc(C2CC(=O)OC2=O)n1. The highest BCUT2D eigenvalue weighted by Crippen LogP contribution is 2.25. The standard InChI is InChI=1S/C9H10N2O3/c1-2-11-4-3-7(10-11)6-5-8(12)14-9(6)13/h3-4,6H,2,5H2,1H3. The first-order valence-electron chi connectivity index (χ1n) is 4.48. The summed E-state index contributed by atoms with van der Waals surface area (Å²) in [7, 11) is 0. The molecule has 0 spiro atoms. The third-order valence-corrected chi connectivity index (χ3v) is 2.21. The number of aryl methyl sites for hydroxylation is 1. The van der Waals surface area contributed by atoms with Crippen LogP contribution in [0, 0.1) is 0 Å². The van der Waals surface area contributed by atoms with E-state index in [1.165, 1.54) is 0 Å². The van der Waals surface area contributed by atoms with Gasteiger partial charge in [-0.1, -0.05) is 0 Å². The summed E-state index contributed by atoms with van der Waals surface area (Å²) < 4.78 is 6.16. The summed E-state index contributed by atoms with van der Waals surface area (Å²) in [5, 5.41) is 4.16. The van der Waals surface area contributed by atoms with Crippen LogP contribution in [-0.4, -0.2) is 21.7 Å². The molecule has 0 saturated carbocycles. The van der Waals surface area contributed by atoms with E-state index in [-0.39, 0.29) is 6.42 Å². The summed E-state index contributed by atoms with van der Waals surface area (Å²) in [6.45, 7) is 2.70. The van der Waals surface area contributed by atoms with E-state index in [1.54, 1.807) is 16.9 Å². The maximum absolute atomic E-state index is 11.2. The lowest BCUT2D eigenvalue weighted by Gasteiger charge is -1.98. The van der Waals surface area contributed by atoms with Crippen LogP contribution in [0.4, 0.5) is 0 Å². The molecule has 0 amide bonds. The molecule has 1 aromatic rings. The molecule has 5 nitrogen and oxygen atoms in total. The maximum Gasteiger partial charge on any atom is 0.323 e. The molecule has 0 aromatic carbocycles. The molecular weight excluding hydrogens is 184 g/mol. The molecule has 1 saturated heterocycles. The number of hydrogen-bond acceptors (Lipinski definition) is 4. The first kappa shape index (κ1) is 8.93. The van der Waals surface area contributed by atoms with Crippen LogP contribution in [0.1, 0.15) is 25.0 Å². The molecular formula is C9H10N2O3. The highest BCUT2D eigenvalue weighted by molar-refractivity contribution is 5.97. The van der Waals surface area contributed by atoms with Crippen LogP contribution in [0.3, 0.4) is 0 Å². The van der Waals surface area contributed by atoms with Crippen LogP contribution >= 0.6 is 0 Å². The number of ether oxygens (including phenoxy) is 1. The zero-order valence-corrected chi connectivity index (χ0v) is 7.77. The van der Waals surface area contributed by atoms with E-state index < -0.39 is 17.9 Å². The van der Waals surface area contributed by atoms with E-state index in [4.69, 9.17) is 0 Å².